The quantitative estimate of drug-likeness (QED) is 0.710. The number of carbonyl (C=O) groups is 2. The third kappa shape index (κ3) is 3.05. The first-order valence-corrected chi connectivity index (χ1v) is 5.73. The highest BCUT2D eigenvalue weighted by molar-refractivity contribution is 5.91. The second-order valence-electron chi connectivity index (χ2n) is 5.15. The number of Topliss-reactive ketones (excluding diaryl/α,β-unsaturated/α-hetero) is 1. The molecule has 0 aliphatic carbocycles. The SMILES string of the molecule is CC(C)CN1CC(C(=O)C(C)C)CC1=O. The number of likely N-dealkylation sites (tertiary alicyclic amines) is 1. The van der Waals surface area contributed by atoms with Crippen LogP contribution in [0.4, 0.5) is 0 Å². The Hall–Kier alpha value is -0.860. The predicted octanol–water partition coefficient (Wildman–Crippen LogP) is 1.72. The standard InChI is InChI=1S/C12H21NO2/c1-8(2)6-13-7-10(5-11(13)14)12(15)9(3)4/h8-10H,5-7H2,1-4H3. The zero-order valence-electron chi connectivity index (χ0n) is 10.1. The Balaban J connectivity index is 2.56. The molecule has 86 valence electrons. The number of rotatable bonds is 4. The topological polar surface area (TPSA) is 37.4 Å². The Morgan fingerprint density at radius 2 is 2.00 bits per heavy atom. The van der Waals surface area contributed by atoms with Crippen molar-refractivity contribution in [3.05, 3.63) is 0 Å². The van der Waals surface area contributed by atoms with Gasteiger partial charge in [-0.2, -0.15) is 0 Å². The van der Waals surface area contributed by atoms with Gasteiger partial charge in [-0.1, -0.05) is 27.7 Å². The van der Waals surface area contributed by atoms with Crippen molar-refractivity contribution in [1.82, 2.24) is 4.90 Å². The molecule has 0 aromatic heterocycles. The van der Waals surface area contributed by atoms with Crippen LogP contribution >= 0.6 is 0 Å². The molecule has 0 N–H and O–H groups in total. The zero-order chi connectivity index (χ0) is 11.6. The fourth-order valence-electron chi connectivity index (χ4n) is 2.05. The molecule has 0 bridgehead atoms. The van der Waals surface area contributed by atoms with Gasteiger partial charge in [0.25, 0.3) is 0 Å². The maximum absolute atomic E-state index is 11.7. The predicted molar refractivity (Wildman–Crippen MR) is 59.4 cm³/mol. The summed E-state index contributed by atoms with van der Waals surface area (Å²) in [5.74, 6) is 0.831. The van der Waals surface area contributed by atoms with Gasteiger partial charge in [-0.15, -0.1) is 0 Å². The molecule has 1 atom stereocenters. The lowest BCUT2D eigenvalue weighted by molar-refractivity contribution is -0.129. The molecule has 15 heavy (non-hydrogen) atoms. The van der Waals surface area contributed by atoms with Gasteiger partial charge in [0.2, 0.25) is 5.91 Å². The summed E-state index contributed by atoms with van der Waals surface area (Å²) in [4.78, 5) is 25.2. The van der Waals surface area contributed by atoms with Gasteiger partial charge in [-0.25, -0.2) is 0 Å². The van der Waals surface area contributed by atoms with Gasteiger partial charge in [-0.05, 0) is 5.92 Å². The van der Waals surface area contributed by atoms with Crippen molar-refractivity contribution >= 4 is 11.7 Å². The zero-order valence-corrected chi connectivity index (χ0v) is 10.1. The fraction of sp³-hybridized carbons (Fsp3) is 0.833. The third-order valence-electron chi connectivity index (χ3n) is 2.77. The Bertz CT molecular complexity index is 258. The first-order chi connectivity index (χ1) is 6.91. The molecule has 3 nitrogen and oxygen atoms in total. The monoisotopic (exact) mass is 211 g/mol. The van der Waals surface area contributed by atoms with E-state index in [0.717, 1.165) is 6.54 Å². The van der Waals surface area contributed by atoms with Gasteiger partial charge in [0.15, 0.2) is 0 Å². The molecule has 0 saturated carbocycles. The highest BCUT2D eigenvalue weighted by Gasteiger charge is 2.34. The van der Waals surface area contributed by atoms with Gasteiger partial charge in [0.1, 0.15) is 5.78 Å². The van der Waals surface area contributed by atoms with Gasteiger partial charge >= 0.3 is 0 Å². The van der Waals surface area contributed by atoms with Crippen LogP contribution in [0.3, 0.4) is 0 Å². The number of nitrogens with zero attached hydrogens (tertiary/aromatic N) is 1. The van der Waals surface area contributed by atoms with Crippen LogP contribution in [0.1, 0.15) is 34.1 Å². The molecule has 1 saturated heterocycles. The molecule has 1 aliphatic rings. The molecule has 0 radical (unpaired) electrons. The van der Waals surface area contributed by atoms with Crippen LogP contribution in [0.2, 0.25) is 0 Å². The van der Waals surface area contributed by atoms with E-state index in [-0.39, 0.29) is 23.5 Å². The minimum Gasteiger partial charge on any atom is -0.342 e. The van der Waals surface area contributed by atoms with E-state index in [1.54, 1.807) is 0 Å². The minimum atomic E-state index is -0.0590. The molecule has 1 heterocycles. The lowest BCUT2D eigenvalue weighted by Crippen LogP contribution is -2.30. The second-order valence-corrected chi connectivity index (χ2v) is 5.15. The molecule has 0 spiro atoms. The summed E-state index contributed by atoms with van der Waals surface area (Å²) in [6.45, 7) is 9.39. The second kappa shape index (κ2) is 4.77. The molecular formula is C12H21NO2. The van der Waals surface area contributed by atoms with Crippen LogP contribution in [-0.2, 0) is 9.59 Å². The van der Waals surface area contributed by atoms with E-state index in [1.165, 1.54) is 0 Å². The average Bonchev–Trinajstić information content (AvgIpc) is 2.45. The summed E-state index contributed by atoms with van der Waals surface area (Å²) in [7, 11) is 0. The molecule has 1 fully saturated rings. The van der Waals surface area contributed by atoms with Crippen molar-refractivity contribution in [2.24, 2.45) is 17.8 Å². The Morgan fingerprint density at radius 1 is 1.40 bits per heavy atom. The van der Waals surface area contributed by atoms with Crippen molar-refractivity contribution in [1.29, 1.82) is 0 Å². The van der Waals surface area contributed by atoms with Crippen LogP contribution in [0.25, 0.3) is 0 Å². The van der Waals surface area contributed by atoms with E-state index in [0.29, 0.717) is 18.9 Å². The summed E-state index contributed by atoms with van der Waals surface area (Å²) in [6.07, 6.45) is 0.420. The minimum absolute atomic E-state index is 0.0433. The molecule has 1 amide bonds. The van der Waals surface area contributed by atoms with E-state index in [9.17, 15) is 9.59 Å². The molecule has 0 aromatic rings. The lowest BCUT2D eigenvalue weighted by atomic mass is 9.95. The highest BCUT2D eigenvalue weighted by Crippen LogP contribution is 2.22. The van der Waals surface area contributed by atoms with Gasteiger partial charge < -0.3 is 4.90 Å². The van der Waals surface area contributed by atoms with Gasteiger partial charge in [-0.3, -0.25) is 9.59 Å². The largest absolute Gasteiger partial charge is 0.342 e. The van der Waals surface area contributed by atoms with Crippen molar-refractivity contribution in [2.75, 3.05) is 13.1 Å². The van der Waals surface area contributed by atoms with E-state index in [1.807, 2.05) is 18.7 Å². The normalized spacial score (nSPS) is 21.9. The molecule has 3 heteroatoms. The number of hydrogen-bond donors (Lipinski definition) is 0. The smallest absolute Gasteiger partial charge is 0.223 e. The molecule has 1 rings (SSSR count). The van der Waals surface area contributed by atoms with Crippen LogP contribution in [0.15, 0.2) is 0 Å². The van der Waals surface area contributed by atoms with Crippen LogP contribution in [-0.4, -0.2) is 29.7 Å². The van der Waals surface area contributed by atoms with Gasteiger partial charge in [0, 0.05) is 31.3 Å². The first-order valence-electron chi connectivity index (χ1n) is 5.73. The van der Waals surface area contributed by atoms with Crippen molar-refractivity contribution in [2.45, 2.75) is 34.1 Å². The Labute approximate surface area is 91.8 Å². The maximum atomic E-state index is 11.7. The van der Waals surface area contributed by atoms with E-state index < -0.39 is 0 Å². The lowest BCUT2D eigenvalue weighted by Gasteiger charge is -2.18. The summed E-state index contributed by atoms with van der Waals surface area (Å²) in [5, 5.41) is 0. The van der Waals surface area contributed by atoms with Crippen LogP contribution in [0, 0.1) is 17.8 Å². The fourth-order valence-corrected chi connectivity index (χ4v) is 2.05. The first kappa shape index (κ1) is 12.2. The molecule has 0 aromatic carbocycles. The van der Waals surface area contributed by atoms with Crippen molar-refractivity contribution in [3.63, 3.8) is 0 Å². The number of ketones is 1. The van der Waals surface area contributed by atoms with E-state index >= 15 is 0 Å². The Morgan fingerprint density at radius 3 is 2.47 bits per heavy atom. The molecule has 1 unspecified atom stereocenters. The van der Waals surface area contributed by atoms with Crippen LogP contribution in [0.5, 0.6) is 0 Å². The number of hydrogen-bond acceptors (Lipinski definition) is 2. The molecule has 1 aliphatic heterocycles. The van der Waals surface area contributed by atoms with E-state index in [2.05, 4.69) is 13.8 Å². The maximum Gasteiger partial charge on any atom is 0.223 e. The molecular weight excluding hydrogens is 190 g/mol. The van der Waals surface area contributed by atoms with Crippen LogP contribution < -0.4 is 0 Å². The third-order valence-corrected chi connectivity index (χ3v) is 2.77. The van der Waals surface area contributed by atoms with Crippen molar-refractivity contribution in [3.8, 4) is 0 Å². The number of amides is 1. The summed E-state index contributed by atoms with van der Waals surface area (Å²) in [5.41, 5.74) is 0. The van der Waals surface area contributed by atoms with Gasteiger partial charge in [0.05, 0.1) is 0 Å². The highest BCUT2D eigenvalue weighted by atomic mass is 16.2. The summed E-state index contributed by atoms with van der Waals surface area (Å²) >= 11 is 0. The van der Waals surface area contributed by atoms with E-state index in [4.69, 9.17) is 0 Å². The average molecular weight is 211 g/mol. The van der Waals surface area contributed by atoms with Crippen molar-refractivity contribution < 1.29 is 9.59 Å². The Kier molecular flexibility index (Phi) is 3.89. The summed E-state index contributed by atoms with van der Waals surface area (Å²) in [6, 6.07) is 0. The number of carbonyl (C=O) groups excluding carboxylic acids is 2. The summed E-state index contributed by atoms with van der Waals surface area (Å²) < 4.78 is 0.